The molecule has 0 saturated carbocycles. The van der Waals surface area contributed by atoms with Crippen molar-refractivity contribution in [3.8, 4) is 0 Å². The topological polar surface area (TPSA) is 105 Å². The quantitative estimate of drug-likeness (QED) is 0.633. The largest absolute Gasteiger partial charge is 0.334 e. The van der Waals surface area contributed by atoms with E-state index in [9.17, 15) is 19.3 Å². The zero-order chi connectivity index (χ0) is 17.8. The number of nitrogens with one attached hydrogen (secondary N) is 2. The van der Waals surface area contributed by atoms with Gasteiger partial charge in [-0.25, -0.2) is 9.18 Å². The number of nitrogens with zero attached hydrogens (tertiary/aromatic N) is 4. The van der Waals surface area contributed by atoms with Crippen LogP contribution in [0.5, 0.6) is 0 Å². The SMILES string of the molecule is O=C(Nc1ccc(F)cc1)NC1CCN(Cn2cc([N+](=O)[O-])cn2)C1. The number of hydrogen-bond donors (Lipinski definition) is 2. The van der Waals surface area contributed by atoms with E-state index in [-0.39, 0.29) is 23.6 Å². The summed E-state index contributed by atoms with van der Waals surface area (Å²) >= 11 is 0. The average molecular weight is 348 g/mol. The molecule has 2 aromatic rings. The lowest BCUT2D eigenvalue weighted by Crippen LogP contribution is -2.39. The number of carbonyl (C=O) groups is 1. The molecule has 1 aromatic heterocycles. The van der Waals surface area contributed by atoms with Gasteiger partial charge in [0.1, 0.15) is 18.2 Å². The second-order valence-corrected chi connectivity index (χ2v) is 5.80. The van der Waals surface area contributed by atoms with Gasteiger partial charge in [0.2, 0.25) is 0 Å². The van der Waals surface area contributed by atoms with Gasteiger partial charge in [-0.2, -0.15) is 5.10 Å². The van der Waals surface area contributed by atoms with Crippen molar-refractivity contribution in [1.82, 2.24) is 20.0 Å². The van der Waals surface area contributed by atoms with E-state index in [4.69, 9.17) is 0 Å². The van der Waals surface area contributed by atoms with Crippen LogP contribution in [0.25, 0.3) is 0 Å². The number of anilines is 1. The van der Waals surface area contributed by atoms with Crippen LogP contribution in [0.4, 0.5) is 20.6 Å². The van der Waals surface area contributed by atoms with Gasteiger partial charge in [-0.05, 0) is 30.7 Å². The first-order chi connectivity index (χ1) is 12.0. The van der Waals surface area contributed by atoms with Crippen molar-refractivity contribution in [3.05, 3.63) is 52.6 Å². The third-order valence-corrected chi connectivity index (χ3v) is 3.89. The fraction of sp³-hybridized carbons (Fsp3) is 0.333. The Morgan fingerprint density at radius 3 is 2.84 bits per heavy atom. The molecule has 1 aliphatic rings. The van der Waals surface area contributed by atoms with Gasteiger partial charge in [0.25, 0.3) is 0 Å². The highest BCUT2D eigenvalue weighted by Gasteiger charge is 2.24. The highest BCUT2D eigenvalue weighted by molar-refractivity contribution is 5.89. The minimum Gasteiger partial charge on any atom is -0.334 e. The van der Waals surface area contributed by atoms with E-state index in [0.29, 0.717) is 18.9 Å². The monoisotopic (exact) mass is 348 g/mol. The molecule has 2 heterocycles. The molecule has 10 heteroatoms. The molecule has 1 unspecified atom stereocenters. The number of aromatic nitrogens is 2. The summed E-state index contributed by atoms with van der Waals surface area (Å²) in [5.41, 5.74) is 0.463. The van der Waals surface area contributed by atoms with Crippen LogP contribution in [0.15, 0.2) is 36.7 Å². The number of urea groups is 1. The van der Waals surface area contributed by atoms with Crippen molar-refractivity contribution in [2.24, 2.45) is 0 Å². The predicted molar refractivity (Wildman–Crippen MR) is 87.4 cm³/mol. The summed E-state index contributed by atoms with van der Waals surface area (Å²) < 4.78 is 14.3. The maximum Gasteiger partial charge on any atom is 0.319 e. The summed E-state index contributed by atoms with van der Waals surface area (Å²) in [7, 11) is 0. The first-order valence-corrected chi connectivity index (χ1v) is 7.72. The summed E-state index contributed by atoms with van der Waals surface area (Å²) in [6.07, 6.45) is 3.35. The maximum absolute atomic E-state index is 12.8. The Kier molecular flexibility index (Phi) is 4.89. The molecule has 3 rings (SSSR count). The average Bonchev–Trinajstić information content (AvgIpc) is 3.20. The highest BCUT2D eigenvalue weighted by atomic mass is 19.1. The predicted octanol–water partition coefficient (Wildman–Crippen LogP) is 1.78. The molecule has 1 fully saturated rings. The molecule has 1 saturated heterocycles. The van der Waals surface area contributed by atoms with E-state index in [2.05, 4.69) is 15.7 Å². The molecule has 0 aliphatic carbocycles. The van der Waals surface area contributed by atoms with Crippen LogP contribution in [0.1, 0.15) is 6.42 Å². The molecule has 0 spiro atoms. The van der Waals surface area contributed by atoms with Crippen molar-refractivity contribution in [3.63, 3.8) is 0 Å². The fourth-order valence-electron chi connectivity index (χ4n) is 2.69. The number of halogens is 1. The van der Waals surface area contributed by atoms with Gasteiger partial charge in [-0.15, -0.1) is 0 Å². The summed E-state index contributed by atoms with van der Waals surface area (Å²) in [6.45, 7) is 1.78. The van der Waals surface area contributed by atoms with Crippen LogP contribution in [0, 0.1) is 15.9 Å². The lowest BCUT2D eigenvalue weighted by atomic mass is 10.3. The van der Waals surface area contributed by atoms with Crippen LogP contribution in [0.2, 0.25) is 0 Å². The number of nitro groups is 1. The molecule has 1 aliphatic heterocycles. The van der Waals surface area contributed by atoms with Crippen molar-refractivity contribution in [2.45, 2.75) is 19.1 Å². The number of hydrogen-bond acceptors (Lipinski definition) is 5. The van der Waals surface area contributed by atoms with Gasteiger partial charge in [0.05, 0.1) is 11.6 Å². The van der Waals surface area contributed by atoms with Crippen molar-refractivity contribution in [1.29, 1.82) is 0 Å². The van der Waals surface area contributed by atoms with E-state index in [0.717, 1.165) is 13.0 Å². The summed E-state index contributed by atoms with van der Waals surface area (Å²) in [4.78, 5) is 24.2. The lowest BCUT2D eigenvalue weighted by molar-refractivity contribution is -0.385. The van der Waals surface area contributed by atoms with Gasteiger partial charge < -0.3 is 10.6 Å². The second kappa shape index (κ2) is 7.26. The van der Waals surface area contributed by atoms with Gasteiger partial charge in [-0.3, -0.25) is 19.7 Å². The van der Waals surface area contributed by atoms with E-state index < -0.39 is 4.92 Å². The molecule has 2 amide bonds. The molecule has 1 atom stereocenters. The van der Waals surface area contributed by atoms with Crippen LogP contribution in [-0.4, -0.2) is 44.8 Å². The molecular weight excluding hydrogens is 331 g/mol. The van der Waals surface area contributed by atoms with E-state index >= 15 is 0 Å². The second-order valence-electron chi connectivity index (χ2n) is 5.80. The zero-order valence-electron chi connectivity index (χ0n) is 13.3. The Labute approximate surface area is 142 Å². The first kappa shape index (κ1) is 16.8. The van der Waals surface area contributed by atoms with Gasteiger partial charge in [-0.1, -0.05) is 0 Å². The highest BCUT2D eigenvalue weighted by Crippen LogP contribution is 2.13. The van der Waals surface area contributed by atoms with Crippen LogP contribution in [-0.2, 0) is 6.67 Å². The normalized spacial score (nSPS) is 17.4. The Balaban J connectivity index is 1.46. The molecule has 1 aromatic carbocycles. The number of likely N-dealkylation sites (tertiary alicyclic amines) is 1. The van der Waals surface area contributed by atoms with E-state index in [1.165, 1.54) is 41.3 Å². The fourth-order valence-corrected chi connectivity index (χ4v) is 2.69. The molecule has 132 valence electrons. The smallest absolute Gasteiger partial charge is 0.319 e. The number of benzene rings is 1. The minimum atomic E-state index is -0.488. The first-order valence-electron chi connectivity index (χ1n) is 7.72. The van der Waals surface area contributed by atoms with E-state index in [1.54, 1.807) is 0 Å². The van der Waals surface area contributed by atoms with Gasteiger partial charge >= 0.3 is 11.7 Å². The summed E-state index contributed by atoms with van der Waals surface area (Å²) in [5, 5.41) is 20.1. The van der Waals surface area contributed by atoms with Crippen molar-refractivity contribution in [2.75, 3.05) is 18.4 Å². The van der Waals surface area contributed by atoms with E-state index in [1.807, 2.05) is 4.90 Å². The van der Waals surface area contributed by atoms with Gasteiger partial charge in [0, 0.05) is 24.8 Å². The lowest BCUT2D eigenvalue weighted by Gasteiger charge is -2.16. The van der Waals surface area contributed by atoms with Crippen molar-refractivity contribution < 1.29 is 14.1 Å². The third-order valence-electron chi connectivity index (χ3n) is 3.89. The number of rotatable bonds is 5. The molecule has 2 N–H and O–H groups in total. The molecule has 9 nitrogen and oxygen atoms in total. The Morgan fingerprint density at radius 1 is 1.40 bits per heavy atom. The molecule has 0 bridgehead atoms. The Bertz CT molecular complexity index is 763. The summed E-state index contributed by atoms with van der Waals surface area (Å²) in [5.74, 6) is -0.365. The van der Waals surface area contributed by atoms with Crippen LogP contribution < -0.4 is 10.6 Å². The molecule has 25 heavy (non-hydrogen) atoms. The van der Waals surface area contributed by atoms with Crippen LogP contribution in [0.3, 0.4) is 0 Å². The Morgan fingerprint density at radius 2 is 2.16 bits per heavy atom. The van der Waals surface area contributed by atoms with Crippen molar-refractivity contribution >= 4 is 17.4 Å². The molecular formula is C15H17FN6O3. The van der Waals surface area contributed by atoms with Gasteiger partial charge in [0.15, 0.2) is 0 Å². The number of amides is 2. The summed E-state index contributed by atoms with van der Waals surface area (Å²) in [6, 6.07) is 5.13. The van der Waals surface area contributed by atoms with Crippen LogP contribution >= 0.6 is 0 Å². The maximum atomic E-state index is 12.8. The zero-order valence-corrected chi connectivity index (χ0v) is 13.3. The molecule has 0 radical (unpaired) electrons. The standard InChI is InChI=1S/C15H17FN6O3/c16-11-1-3-12(4-2-11)18-15(23)19-13-5-6-20(8-13)10-21-9-14(7-17-21)22(24)25/h1-4,7,9,13H,5-6,8,10H2,(H2,18,19,23). The minimum absolute atomic E-state index is 0.0361. The Hall–Kier alpha value is -3.01. The number of carbonyl (C=O) groups excluding carboxylic acids is 1. The third kappa shape index (κ3) is 4.51.